The molecule has 1 fully saturated rings. The number of likely N-dealkylation sites (tertiary alicyclic amines) is 1. The number of nitrogens with zero attached hydrogens (tertiary/aromatic N) is 1. The second-order valence-electron chi connectivity index (χ2n) is 3.29. The van der Waals surface area contributed by atoms with E-state index in [4.69, 9.17) is 15.6 Å². The number of rotatable bonds is 2. The van der Waals surface area contributed by atoms with Crippen molar-refractivity contribution in [2.75, 3.05) is 26.7 Å². The van der Waals surface area contributed by atoms with Crippen LogP contribution in [0.5, 0.6) is 0 Å². The quantitative estimate of drug-likeness (QED) is 0.637. The summed E-state index contributed by atoms with van der Waals surface area (Å²) in [5, 5.41) is 8.75. The van der Waals surface area contributed by atoms with Gasteiger partial charge in [-0.3, -0.25) is 0 Å². The Morgan fingerprint density at radius 2 is 2.46 bits per heavy atom. The van der Waals surface area contributed by atoms with E-state index in [1.165, 1.54) is 4.90 Å². The Balaban J connectivity index is 2.52. The number of hydrogen-bond donors (Lipinski definition) is 2. The Bertz CT molecular complexity index is 186. The topological polar surface area (TPSA) is 75.8 Å². The first kappa shape index (κ1) is 10.3. The number of piperidine rings is 1. The molecular weight excluding hydrogens is 172 g/mol. The minimum Gasteiger partial charge on any atom is -0.465 e. The monoisotopic (exact) mass is 188 g/mol. The van der Waals surface area contributed by atoms with Gasteiger partial charge in [0.05, 0.1) is 12.6 Å². The van der Waals surface area contributed by atoms with E-state index in [0.29, 0.717) is 25.6 Å². The van der Waals surface area contributed by atoms with Gasteiger partial charge in [0.15, 0.2) is 0 Å². The SMILES string of the molecule is COC1CN(C(=O)O)CCC1CN. The van der Waals surface area contributed by atoms with Gasteiger partial charge in [0.1, 0.15) is 0 Å². The normalized spacial score (nSPS) is 28.9. The van der Waals surface area contributed by atoms with Crippen LogP contribution >= 0.6 is 0 Å². The summed E-state index contributed by atoms with van der Waals surface area (Å²) >= 11 is 0. The van der Waals surface area contributed by atoms with Gasteiger partial charge in [0.25, 0.3) is 0 Å². The number of amides is 1. The van der Waals surface area contributed by atoms with E-state index in [-0.39, 0.29) is 6.10 Å². The first-order valence-corrected chi connectivity index (χ1v) is 4.39. The highest BCUT2D eigenvalue weighted by Gasteiger charge is 2.30. The van der Waals surface area contributed by atoms with Gasteiger partial charge in [0, 0.05) is 19.6 Å². The average molecular weight is 188 g/mol. The van der Waals surface area contributed by atoms with Crippen molar-refractivity contribution in [2.45, 2.75) is 12.5 Å². The summed E-state index contributed by atoms with van der Waals surface area (Å²) in [5.74, 6) is 0.292. The van der Waals surface area contributed by atoms with Crippen molar-refractivity contribution in [1.29, 1.82) is 0 Å². The van der Waals surface area contributed by atoms with Crippen LogP contribution in [0.1, 0.15) is 6.42 Å². The zero-order chi connectivity index (χ0) is 9.84. The second kappa shape index (κ2) is 4.43. The van der Waals surface area contributed by atoms with Crippen LogP contribution in [0.15, 0.2) is 0 Å². The van der Waals surface area contributed by atoms with Gasteiger partial charge in [0.2, 0.25) is 0 Å². The molecule has 1 saturated heterocycles. The molecule has 1 amide bonds. The zero-order valence-corrected chi connectivity index (χ0v) is 7.77. The average Bonchev–Trinajstić information content (AvgIpc) is 2.16. The summed E-state index contributed by atoms with van der Waals surface area (Å²) in [6.07, 6.45) is -0.131. The van der Waals surface area contributed by atoms with Crippen LogP contribution in [0.25, 0.3) is 0 Å². The lowest BCUT2D eigenvalue weighted by atomic mass is 9.94. The molecular formula is C8H16N2O3. The van der Waals surface area contributed by atoms with Gasteiger partial charge < -0.3 is 20.5 Å². The fraction of sp³-hybridized carbons (Fsp3) is 0.875. The van der Waals surface area contributed by atoms with Crippen LogP contribution in [-0.4, -0.2) is 48.9 Å². The molecule has 0 aromatic heterocycles. The van der Waals surface area contributed by atoms with Gasteiger partial charge >= 0.3 is 6.09 Å². The molecule has 1 heterocycles. The molecule has 5 heteroatoms. The van der Waals surface area contributed by atoms with E-state index < -0.39 is 6.09 Å². The van der Waals surface area contributed by atoms with Crippen LogP contribution < -0.4 is 5.73 Å². The molecule has 1 aliphatic rings. The number of nitrogens with two attached hydrogens (primary N) is 1. The van der Waals surface area contributed by atoms with Gasteiger partial charge in [-0.05, 0) is 13.0 Å². The number of carbonyl (C=O) groups is 1. The molecule has 0 aromatic rings. The van der Waals surface area contributed by atoms with Gasteiger partial charge in [-0.2, -0.15) is 0 Å². The Hall–Kier alpha value is -0.810. The summed E-state index contributed by atoms with van der Waals surface area (Å²) in [7, 11) is 1.60. The minimum atomic E-state index is -0.877. The summed E-state index contributed by atoms with van der Waals surface area (Å²) < 4.78 is 5.19. The molecule has 1 rings (SSSR count). The molecule has 2 unspecified atom stereocenters. The number of methoxy groups -OCH3 is 1. The molecule has 5 nitrogen and oxygen atoms in total. The first-order chi connectivity index (χ1) is 6.19. The largest absolute Gasteiger partial charge is 0.465 e. The maximum atomic E-state index is 10.6. The fourth-order valence-electron chi connectivity index (χ4n) is 1.68. The molecule has 0 aromatic carbocycles. The van der Waals surface area contributed by atoms with Crippen molar-refractivity contribution in [3.05, 3.63) is 0 Å². The molecule has 3 N–H and O–H groups in total. The van der Waals surface area contributed by atoms with Crippen molar-refractivity contribution in [1.82, 2.24) is 4.90 Å². The Kier molecular flexibility index (Phi) is 3.50. The van der Waals surface area contributed by atoms with E-state index in [1.807, 2.05) is 0 Å². The standard InChI is InChI=1S/C8H16N2O3/c1-13-7-5-10(8(11)12)3-2-6(7)4-9/h6-7H,2-5,9H2,1H3,(H,11,12). The van der Waals surface area contributed by atoms with Crippen molar-refractivity contribution in [3.63, 3.8) is 0 Å². The van der Waals surface area contributed by atoms with Crippen LogP contribution in [0.3, 0.4) is 0 Å². The second-order valence-corrected chi connectivity index (χ2v) is 3.29. The highest BCUT2D eigenvalue weighted by Crippen LogP contribution is 2.18. The minimum absolute atomic E-state index is 0.0464. The van der Waals surface area contributed by atoms with E-state index in [1.54, 1.807) is 7.11 Å². The molecule has 0 bridgehead atoms. The van der Waals surface area contributed by atoms with Gasteiger partial charge in [-0.25, -0.2) is 4.79 Å². The Morgan fingerprint density at radius 3 is 2.92 bits per heavy atom. The fourth-order valence-corrected chi connectivity index (χ4v) is 1.68. The van der Waals surface area contributed by atoms with Crippen LogP contribution in [0.2, 0.25) is 0 Å². The highest BCUT2D eigenvalue weighted by molar-refractivity contribution is 5.65. The summed E-state index contributed by atoms with van der Waals surface area (Å²) in [5.41, 5.74) is 5.54. The number of carboxylic acid groups (broad SMARTS) is 1. The summed E-state index contributed by atoms with van der Waals surface area (Å²) in [4.78, 5) is 12.0. The van der Waals surface area contributed by atoms with Crippen LogP contribution in [0, 0.1) is 5.92 Å². The lowest BCUT2D eigenvalue weighted by Crippen LogP contribution is -2.48. The molecule has 13 heavy (non-hydrogen) atoms. The lowest BCUT2D eigenvalue weighted by molar-refractivity contribution is -0.00341. The molecule has 0 aliphatic carbocycles. The maximum absolute atomic E-state index is 10.6. The predicted molar refractivity (Wildman–Crippen MR) is 47.6 cm³/mol. The predicted octanol–water partition coefficient (Wildman–Crippen LogP) is -0.0400. The van der Waals surface area contributed by atoms with E-state index in [2.05, 4.69) is 0 Å². The molecule has 0 spiro atoms. The molecule has 0 radical (unpaired) electrons. The number of hydrogen-bond acceptors (Lipinski definition) is 3. The third-order valence-electron chi connectivity index (χ3n) is 2.57. The Labute approximate surface area is 77.5 Å². The molecule has 2 atom stereocenters. The van der Waals surface area contributed by atoms with Gasteiger partial charge in [-0.1, -0.05) is 0 Å². The first-order valence-electron chi connectivity index (χ1n) is 4.39. The third kappa shape index (κ3) is 2.32. The van der Waals surface area contributed by atoms with Crippen LogP contribution in [0.4, 0.5) is 4.79 Å². The van der Waals surface area contributed by atoms with Crippen molar-refractivity contribution >= 4 is 6.09 Å². The highest BCUT2D eigenvalue weighted by atomic mass is 16.5. The van der Waals surface area contributed by atoms with Crippen molar-refractivity contribution < 1.29 is 14.6 Å². The molecule has 76 valence electrons. The van der Waals surface area contributed by atoms with E-state index in [9.17, 15) is 4.79 Å². The summed E-state index contributed by atoms with van der Waals surface area (Å²) in [6, 6.07) is 0. The summed E-state index contributed by atoms with van der Waals surface area (Å²) in [6.45, 7) is 1.57. The zero-order valence-electron chi connectivity index (χ0n) is 7.77. The maximum Gasteiger partial charge on any atom is 0.407 e. The van der Waals surface area contributed by atoms with Crippen molar-refractivity contribution in [3.8, 4) is 0 Å². The molecule has 0 saturated carbocycles. The number of ether oxygens (including phenoxy) is 1. The van der Waals surface area contributed by atoms with E-state index in [0.717, 1.165) is 6.42 Å². The Morgan fingerprint density at radius 1 is 1.77 bits per heavy atom. The van der Waals surface area contributed by atoms with Crippen LogP contribution in [-0.2, 0) is 4.74 Å². The molecule has 1 aliphatic heterocycles. The third-order valence-corrected chi connectivity index (χ3v) is 2.57. The smallest absolute Gasteiger partial charge is 0.407 e. The van der Waals surface area contributed by atoms with Gasteiger partial charge in [-0.15, -0.1) is 0 Å². The van der Waals surface area contributed by atoms with Crippen molar-refractivity contribution in [2.24, 2.45) is 11.7 Å². The van der Waals surface area contributed by atoms with E-state index >= 15 is 0 Å². The lowest BCUT2D eigenvalue weighted by Gasteiger charge is -2.35.